The van der Waals surface area contributed by atoms with Crippen molar-refractivity contribution in [2.24, 2.45) is 0 Å². The molecule has 12 heteroatoms. The van der Waals surface area contributed by atoms with Crippen LogP contribution in [0.25, 0.3) is 10.2 Å². The second-order valence-corrected chi connectivity index (χ2v) is 12.8. The first kappa shape index (κ1) is 27.2. The lowest BCUT2D eigenvalue weighted by Crippen LogP contribution is -2.36. The maximum atomic E-state index is 13.4. The first-order valence-electron chi connectivity index (χ1n) is 9.83. The third kappa shape index (κ3) is 6.10. The van der Waals surface area contributed by atoms with Crippen LogP contribution in [0.1, 0.15) is 17.3 Å². The monoisotopic (exact) mass is 531 g/mol. The summed E-state index contributed by atoms with van der Waals surface area (Å²) in [4.78, 5) is 21.6. The molecule has 180 valence electrons. The molecule has 0 saturated carbocycles. The number of fused-ring (bicyclic) bond motifs is 1. The van der Waals surface area contributed by atoms with E-state index in [-0.39, 0.29) is 33.9 Å². The number of likely N-dealkylation sites (N-methyl/N-ethyl adjacent to an activating group) is 1. The molecular weight excluding hydrogens is 506 g/mol. The Morgan fingerprint density at radius 1 is 1.00 bits per heavy atom. The van der Waals surface area contributed by atoms with Gasteiger partial charge in [-0.2, -0.15) is 0 Å². The van der Waals surface area contributed by atoms with E-state index in [1.807, 2.05) is 19.0 Å². The maximum Gasteiger partial charge on any atom is 0.260 e. The van der Waals surface area contributed by atoms with E-state index < -0.39 is 19.7 Å². The zero-order chi connectivity index (χ0) is 23.7. The maximum absolute atomic E-state index is 13.4. The van der Waals surface area contributed by atoms with Crippen LogP contribution in [0.15, 0.2) is 52.3 Å². The average Bonchev–Trinajstić information content (AvgIpc) is 3.16. The number of thiazole rings is 1. The lowest BCUT2D eigenvalue weighted by molar-refractivity contribution is 0.0985. The van der Waals surface area contributed by atoms with Gasteiger partial charge in [-0.1, -0.05) is 24.3 Å². The molecule has 0 aliphatic carbocycles. The van der Waals surface area contributed by atoms with Crippen LogP contribution >= 0.6 is 23.7 Å². The van der Waals surface area contributed by atoms with Crippen molar-refractivity contribution >= 4 is 64.7 Å². The lowest BCUT2D eigenvalue weighted by Gasteiger charge is -2.22. The largest absolute Gasteiger partial charge is 0.308 e. The molecule has 1 heterocycles. The third-order valence-corrected chi connectivity index (χ3v) is 8.78. The summed E-state index contributed by atoms with van der Waals surface area (Å²) in [5.41, 5.74) is 0.656. The summed E-state index contributed by atoms with van der Waals surface area (Å²) in [6.45, 7) is 2.45. The number of carbonyl (C=O) groups excluding carboxylic acids is 1. The third-order valence-electron chi connectivity index (χ3n) is 4.86. The second kappa shape index (κ2) is 10.5. The zero-order valence-corrected chi connectivity index (χ0v) is 21.9. The summed E-state index contributed by atoms with van der Waals surface area (Å²) in [5, 5.41) is 0.383. The Bertz CT molecular complexity index is 1350. The van der Waals surface area contributed by atoms with Crippen LogP contribution in [0.4, 0.5) is 5.13 Å². The molecule has 0 spiro atoms. The number of para-hydroxylation sites is 1. The molecule has 8 nitrogen and oxygen atoms in total. The normalized spacial score (nSPS) is 12.0. The van der Waals surface area contributed by atoms with Crippen molar-refractivity contribution in [1.82, 2.24) is 9.88 Å². The van der Waals surface area contributed by atoms with Crippen LogP contribution < -0.4 is 4.90 Å². The van der Waals surface area contributed by atoms with E-state index in [1.54, 1.807) is 19.1 Å². The number of carbonyl (C=O) groups is 1. The van der Waals surface area contributed by atoms with Gasteiger partial charge in [-0.25, -0.2) is 21.8 Å². The lowest BCUT2D eigenvalue weighted by atomic mass is 10.2. The minimum Gasteiger partial charge on any atom is -0.308 e. The van der Waals surface area contributed by atoms with Gasteiger partial charge in [0.2, 0.25) is 0 Å². The molecule has 0 saturated heterocycles. The van der Waals surface area contributed by atoms with Crippen LogP contribution in [-0.2, 0) is 19.7 Å². The fourth-order valence-corrected chi connectivity index (χ4v) is 5.84. The molecule has 0 radical (unpaired) electrons. The minimum atomic E-state index is -3.49. The molecule has 0 fully saturated rings. The predicted octanol–water partition coefficient (Wildman–Crippen LogP) is 3.12. The number of anilines is 1. The van der Waals surface area contributed by atoms with Gasteiger partial charge in [0.1, 0.15) is 5.52 Å². The van der Waals surface area contributed by atoms with Crippen molar-refractivity contribution in [2.75, 3.05) is 44.1 Å². The first-order chi connectivity index (χ1) is 14.9. The van der Waals surface area contributed by atoms with Crippen LogP contribution in [0.3, 0.4) is 0 Å². The van der Waals surface area contributed by atoms with Gasteiger partial charge in [0, 0.05) is 24.9 Å². The highest BCUT2D eigenvalue weighted by molar-refractivity contribution is 7.91. The number of hydrogen-bond acceptors (Lipinski definition) is 8. The van der Waals surface area contributed by atoms with Gasteiger partial charge in [-0.05, 0) is 50.5 Å². The summed E-state index contributed by atoms with van der Waals surface area (Å²) >= 11 is 1.24. The number of hydrogen-bond donors (Lipinski definition) is 0. The van der Waals surface area contributed by atoms with Crippen LogP contribution in [0.2, 0.25) is 0 Å². The number of rotatable bonds is 8. The van der Waals surface area contributed by atoms with Gasteiger partial charge in [-0.15, -0.1) is 12.4 Å². The molecule has 1 amide bonds. The van der Waals surface area contributed by atoms with E-state index in [0.717, 1.165) is 6.26 Å². The number of aromatic nitrogens is 1. The predicted molar refractivity (Wildman–Crippen MR) is 134 cm³/mol. The van der Waals surface area contributed by atoms with Gasteiger partial charge < -0.3 is 4.90 Å². The Labute approximate surface area is 204 Å². The quantitative estimate of drug-likeness (QED) is 0.439. The van der Waals surface area contributed by atoms with Crippen molar-refractivity contribution in [3.05, 3.63) is 48.0 Å². The topological polar surface area (TPSA) is 105 Å². The first-order valence-corrected chi connectivity index (χ1v) is 14.2. The second-order valence-electron chi connectivity index (χ2n) is 7.56. The van der Waals surface area contributed by atoms with Gasteiger partial charge in [0.25, 0.3) is 5.91 Å². The van der Waals surface area contributed by atoms with Crippen molar-refractivity contribution in [3.63, 3.8) is 0 Å². The molecule has 0 N–H and O–H groups in total. The average molecular weight is 532 g/mol. The molecule has 33 heavy (non-hydrogen) atoms. The zero-order valence-electron chi connectivity index (χ0n) is 18.7. The van der Waals surface area contributed by atoms with E-state index in [9.17, 15) is 21.6 Å². The van der Waals surface area contributed by atoms with Crippen molar-refractivity contribution in [1.29, 1.82) is 0 Å². The highest BCUT2D eigenvalue weighted by atomic mass is 35.5. The van der Waals surface area contributed by atoms with Crippen molar-refractivity contribution in [2.45, 2.75) is 16.7 Å². The highest BCUT2D eigenvalue weighted by Gasteiger charge is 2.24. The Morgan fingerprint density at radius 3 is 2.18 bits per heavy atom. The fraction of sp³-hybridized carbons (Fsp3) is 0.333. The van der Waals surface area contributed by atoms with Gasteiger partial charge in [0.15, 0.2) is 24.8 Å². The van der Waals surface area contributed by atoms with Gasteiger partial charge in [-0.3, -0.25) is 9.69 Å². The number of benzene rings is 2. The number of sulfone groups is 2. The summed E-state index contributed by atoms with van der Waals surface area (Å²) in [6.07, 6.45) is 1.13. The SMILES string of the molecule is CCS(=O)(=O)c1ccc(C(=O)N(CCN(C)C)c2nc3c(S(C)(=O)=O)cccc3s2)cc1.Cl. The van der Waals surface area contributed by atoms with E-state index >= 15 is 0 Å². The molecular formula is C21H26ClN3O5S3. The van der Waals surface area contributed by atoms with E-state index in [4.69, 9.17) is 0 Å². The van der Waals surface area contributed by atoms with Crippen molar-refractivity contribution < 1.29 is 21.6 Å². The summed E-state index contributed by atoms with van der Waals surface area (Å²) in [6, 6.07) is 10.8. The molecule has 3 aromatic rings. The minimum absolute atomic E-state index is 0. The molecule has 1 aromatic heterocycles. The Morgan fingerprint density at radius 2 is 1.64 bits per heavy atom. The Hall–Kier alpha value is -2.05. The number of amides is 1. The molecule has 0 atom stereocenters. The molecule has 0 unspecified atom stereocenters. The van der Waals surface area contributed by atoms with E-state index in [1.165, 1.54) is 46.6 Å². The summed E-state index contributed by atoms with van der Waals surface area (Å²) < 4.78 is 49.1. The summed E-state index contributed by atoms with van der Waals surface area (Å²) in [7, 11) is -3.09. The van der Waals surface area contributed by atoms with E-state index in [2.05, 4.69) is 4.98 Å². The van der Waals surface area contributed by atoms with Crippen LogP contribution in [-0.4, -0.2) is 71.8 Å². The molecule has 0 aliphatic heterocycles. The fourth-order valence-electron chi connectivity index (χ4n) is 3.04. The Kier molecular flexibility index (Phi) is 8.63. The van der Waals surface area contributed by atoms with Gasteiger partial charge in [0.05, 0.1) is 20.2 Å². The molecule has 2 aromatic carbocycles. The molecule has 0 aliphatic rings. The number of halogens is 1. The molecule has 0 bridgehead atoms. The van der Waals surface area contributed by atoms with E-state index in [0.29, 0.717) is 34.0 Å². The van der Waals surface area contributed by atoms with Crippen molar-refractivity contribution in [3.8, 4) is 0 Å². The van der Waals surface area contributed by atoms with Crippen LogP contribution in [0, 0.1) is 0 Å². The standard InChI is InChI=1S/C21H25N3O5S3.ClH/c1-5-32(28,29)16-11-9-15(10-12-16)20(25)24(14-13-23(2)3)21-22-19-17(30-21)7-6-8-18(19)31(4,26)27;/h6-12H,5,13-14H2,1-4H3;1H. The summed E-state index contributed by atoms with van der Waals surface area (Å²) in [5.74, 6) is -0.365. The Balaban J connectivity index is 0.00000385. The van der Waals surface area contributed by atoms with Crippen LogP contribution in [0.5, 0.6) is 0 Å². The van der Waals surface area contributed by atoms with Gasteiger partial charge >= 0.3 is 0 Å². The number of nitrogens with zero attached hydrogens (tertiary/aromatic N) is 3. The smallest absolute Gasteiger partial charge is 0.260 e. The highest BCUT2D eigenvalue weighted by Crippen LogP contribution is 2.33. The molecule has 3 rings (SSSR count).